The zero-order chi connectivity index (χ0) is 12.7. The Kier molecular flexibility index (Phi) is 2.56. The molecule has 2 aromatic heterocycles. The summed E-state index contributed by atoms with van der Waals surface area (Å²) in [6, 6.07) is 1.57. The topological polar surface area (TPSA) is 87.6 Å². The van der Waals surface area contributed by atoms with E-state index in [4.69, 9.17) is 5.73 Å². The van der Waals surface area contributed by atoms with Gasteiger partial charge in [0.25, 0.3) is 0 Å². The van der Waals surface area contributed by atoms with Crippen LogP contribution in [0.25, 0.3) is 11.4 Å². The number of nitrogens with two attached hydrogens (primary N) is 1. The second kappa shape index (κ2) is 4.10. The molecule has 2 aromatic rings. The summed E-state index contributed by atoms with van der Waals surface area (Å²) in [5, 5.41) is 0. The molecular weight excluding hydrogens is 228 g/mol. The Morgan fingerprint density at radius 2 is 2.33 bits per heavy atom. The molecule has 2 heterocycles. The lowest BCUT2D eigenvalue weighted by molar-refractivity contribution is 0.555. The number of pyridine rings is 1. The maximum absolute atomic E-state index is 11.9. The molecule has 1 aliphatic carbocycles. The van der Waals surface area contributed by atoms with Crippen molar-refractivity contribution in [1.29, 1.82) is 0 Å². The second-order valence-electron chi connectivity index (χ2n) is 4.84. The van der Waals surface area contributed by atoms with Crippen LogP contribution in [-0.2, 0) is 6.42 Å². The largest absolute Gasteiger partial charge is 0.364 e. The average Bonchev–Trinajstić information content (AvgIpc) is 2.74. The van der Waals surface area contributed by atoms with Crippen LogP contribution in [0, 0.1) is 6.92 Å². The Morgan fingerprint density at radius 3 is 3.06 bits per heavy atom. The van der Waals surface area contributed by atoms with Gasteiger partial charge in [-0.05, 0) is 26.2 Å². The Bertz CT molecular complexity index is 641. The molecule has 5 nitrogen and oxygen atoms in total. The van der Waals surface area contributed by atoms with Gasteiger partial charge in [-0.15, -0.1) is 0 Å². The Morgan fingerprint density at radius 1 is 1.50 bits per heavy atom. The van der Waals surface area contributed by atoms with E-state index in [9.17, 15) is 4.79 Å². The lowest BCUT2D eigenvalue weighted by Crippen LogP contribution is -2.17. The first-order chi connectivity index (χ1) is 8.65. The van der Waals surface area contributed by atoms with Crippen LogP contribution in [0.3, 0.4) is 0 Å². The molecule has 94 valence electrons. The summed E-state index contributed by atoms with van der Waals surface area (Å²) in [6.45, 7) is 1.86. The standard InChI is InChI=1S/C13H16N4O/c1-7-5-11(18)8(6-15-7)13-16-10-4-2-3-9(14)12(10)17-13/h5-6,9H,2-4,14H2,1H3,(H,15,18)(H,16,17). The van der Waals surface area contributed by atoms with Gasteiger partial charge in [0, 0.05) is 29.7 Å². The Hall–Kier alpha value is -1.88. The van der Waals surface area contributed by atoms with Gasteiger partial charge in [-0.2, -0.15) is 0 Å². The van der Waals surface area contributed by atoms with Crippen molar-refractivity contribution in [2.24, 2.45) is 5.73 Å². The molecule has 18 heavy (non-hydrogen) atoms. The van der Waals surface area contributed by atoms with Gasteiger partial charge in [0.1, 0.15) is 5.82 Å². The van der Waals surface area contributed by atoms with Gasteiger partial charge in [0.15, 0.2) is 5.43 Å². The third-order valence-electron chi connectivity index (χ3n) is 3.42. The molecule has 3 rings (SSSR count). The molecule has 1 unspecified atom stereocenters. The molecule has 1 aliphatic rings. The van der Waals surface area contributed by atoms with Gasteiger partial charge >= 0.3 is 0 Å². The van der Waals surface area contributed by atoms with E-state index in [1.165, 1.54) is 0 Å². The monoisotopic (exact) mass is 244 g/mol. The Labute approximate surface area is 104 Å². The maximum atomic E-state index is 11.9. The highest BCUT2D eigenvalue weighted by molar-refractivity contribution is 5.55. The molecule has 5 heteroatoms. The summed E-state index contributed by atoms with van der Waals surface area (Å²) in [7, 11) is 0. The summed E-state index contributed by atoms with van der Waals surface area (Å²) >= 11 is 0. The summed E-state index contributed by atoms with van der Waals surface area (Å²) in [5.74, 6) is 0.624. The lowest BCUT2D eigenvalue weighted by Gasteiger charge is -2.15. The zero-order valence-electron chi connectivity index (χ0n) is 10.3. The highest BCUT2D eigenvalue weighted by Gasteiger charge is 2.22. The quantitative estimate of drug-likeness (QED) is 0.708. The summed E-state index contributed by atoms with van der Waals surface area (Å²) in [6.07, 6.45) is 4.69. The minimum Gasteiger partial charge on any atom is -0.364 e. The van der Waals surface area contributed by atoms with E-state index in [0.717, 1.165) is 36.3 Å². The van der Waals surface area contributed by atoms with Crippen molar-refractivity contribution in [2.45, 2.75) is 32.2 Å². The smallest absolute Gasteiger partial charge is 0.192 e. The van der Waals surface area contributed by atoms with Gasteiger partial charge in [-0.1, -0.05) is 0 Å². The summed E-state index contributed by atoms with van der Waals surface area (Å²) < 4.78 is 0. The average molecular weight is 244 g/mol. The van der Waals surface area contributed by atoms with Gasteiger partial charge < -0.3 is 15.7 Å². The number of nitrogens with zero attached hydrogens (tertiary/aromatic N) is 1. The molecule has 0 radical (unpaired) electrons. The van der Waals surface area contributed by atoms with Crippen molar-refractivity contribution >= 4 is 0 Å². The highest BCUT2D eigenvalue weighted by atomic mass is 16.1. The predicted octanol–water partition coefficient (Wildman–Crippen LogP) is 1.41. The molecule has 4 N–H and O–H groups in total. The van der Waals surface area contributed by atoms with E-state index < -0.39 is 0 Å². The fourth-order valence-electron chi connectivity index (χ4n) is 2.44. The first-order valence-electron chi connectivity index (χ1n) is 6.19. The van der Waals surface area contributed by atoms with Crippen molar-refractivity contribution in [3.63, 3.8) is 0 Å². The van der Waals surface area contributed by atoms with Crippen LogP contribution in [0.15, 0.2) is 17.1 Å². The number of rotatable bonds is 1. The third-order valence-corrected chi connectivity index (χ3v) is 3.42. The van der Waals surface area contributed by atoms with Gasteiger partial charge in [0.2, 0.25) is 0 Å². The minimum absolute atomic E-state index is 0.0109. The van der Waals surface area contributed by atoms with E-state index in [1.54, 1.807) is 12.3 Å². The van der Waals surface area contributed by atoms with Gasteiger partial charge in [-0.25, -0.2) is 4.98 Å². The molecule has 0 aliphatic heterocycles. The van der Waals surface area contributed by atoms with E-state index in [1.807, 2.05) is 6.92 Å². The van der Waals surface area contributed by atoms with Crippen molar-refractivity contribution in [3.8, 4) is 11.4 Å². The molecule has 0 aromatic carbocycles. The van der Waals surface area contributed by atoms with Crippen LogP contribution in [0.2, 0.25) is 0 Å². The first-order valence-corrected chi connectivity index (χ1v) is 6.19. The number of aromatic amines is 2. The number of H-pyrrole nitrogens is 2. The number of aromatic nitrogens is 3. The van der Waals surface area contributed by atoms with Crippen molar-refractivity contribution in [1.82, 2.24) is 15.0 Å². The van der Waals surface area contributed by atoms with Crippen LogP contribution >= 0.6 is 0 Å². The molecule has 1 atom stereocenters. The molecule has 0 fully saturated rings. The SMILES string of the molecule is Cc1cc(=O)c(-c2nc3c([nH]2)CCCC3N)c[nH]1. The molecule has 0 bridgehead atoms. The van der Waals surface area contributed by atoms with Crippen molar-refractivity contribution < 1.29 is 0 Å². The fraction of sp³-hybridized carbons (Fsp3) is 0.385. The molecule has 0 saturated heterocycles. The number of hydrogen-bond acceptors (Lipinski definition) is 3. The van der Waals surface area contributed by atoms with Gasteiger partial charge in [-0.3, -0.25) is 4.79 Å². The first kappa shape index (κ1) is 11.2. The van der Waals surface area contributed by atoms with Crippen LogP contribution < -0.4 is 11.2 Å². The van der Waals surface area contributed by atoms with Crippen LogP contribution in [0.5, 0.6) is 0 Å². The van der Waals surface area contributed by atoms with Gasteiger partial charge in [0.05, 0.1) is 11.3 Å². The predicted molar refractivity (Wildman–Crippen MR) is 69.2 cm³/mol. The van der Waals surface area contributed by atoms with Crippen LogP contribution in [-0.4, -0.2) is 15.0 Å². The minimum atomic E-state index is -0.0223. The summed E-state index contributed by atoms with van der Waals surface area (Å²) in [4.78, 5) is 22.7. The number of nitrogens with one attached hydrogen (secondary N) is 2. The highest BCUT2D eigenvalue weighted by Crippen LogP contribution is 2.27. The molecule has 0 amide bonds. The van der Waals surface area contributed by atoms with Crippen molar-refractivity contribution in [2.75, 3.05) is 0 Å². The Balaban J connectivity index is 2.10. The second-order valence-corrected chi connectivity index (χ2v) is 4.84. The van der Waals surface area contributed by atoms with E-state index >= 15 is 0 Å². The number of fused-ring (bicyclic) bond motifs is 1. The number of hydrogen-bond donors (Lipinski definition) is 3. The zero-order valence-corrected chi connectivity index (χ0v) is 10.3. The normalized spacial score (nSPS) is 18.7. The molecular formula is C13H16N4O. The fourth-order valence-corrected chi connectivity index (χ4v) is 2.44. The van der Waals surface area contributed by atoms with E-state index in [0.29, 0.717) is 11.4 Å². The maximum Gasteiger partial charge on any atom is 0.192 e. The molecule has 0 spiro atoms. The molecule has 0 saturated carbocycles. The van der Waals surface area contributed by atoms with E-state index in [2.05, 4.69) is 15.0 Å². The number of imidazole rings is 1. The van der Waals surface area contributed by atoms with Crippen molar-refractivity contribution in [3.05, 3.63) is 39.6 Å². The van der Waals surface area contributed by atoms with Crippen LogP contribution in [0.4, 0.5) is 0 Å². The number of aryl methyl sites for hydroxylation is 2. The summed E-state index contributed by atoms with van der Waals surface area (Å²) in [5.41, 5.74) is 9.41. The lowest BCUT2D eigenvalue weighted by atomic mass is 9.97. The third kappa shape index (κ3) is 1.76. The van der Waals surface area contributed by atoms with E-state index in [-0.39, 0.29) is 11.5 Å². The van der Waals surface area contributed by atoms with Crippen LogP contribution in [0.1, 0.15) is 36.0 Å².